The summed E-state index contributed by atoms with van der Waals surface area (Å²) in [5, 5.41) is 4.08. The Bertz CT molecular complexity index is 932. The van der Waals surface area contributed by atoms with Crippen LogP contribution in [0.3, 0.4) is 0 Å². The summed E-state index contributed by atoms with van der Waals surface area (Å²) in [6.45, 7) is 4.01. The average molecular weight is 397 g/mol. The Morgan fingerprint density at radius 1 is 1.20 bits per heavy atom. The van der Waals surface area contributed by atoms with Crippen LogP contribution in [0.1, 0.15) is 27.3 Å². The third-order valence-electron chi connectivity index (χ3n) is 3.81. The van der Waals surface area contributed by atoms with Crippen molar-refractivity contribution >= 4 is 28.1 Å². The maximum absolute atomic E-state index is 12.1. The molecule has 0 unspecified atom stereocenters. The quantitative estimate of drug-likeness (QED) is 0.534. The summed E-state index contributed by atoms with van der Waals surface area (Å²) in [6.07, 6.45) is 3.41. The van der Waals surface area contributed by atoms with E-state index >= 15 is 0 Å². The van der Waals surface area contributed by atoms with Crippen molar-refractivity contribution in [2.45, 2.75) is 13.8 Å². The van der Waals surface area contributed by atoms with Gasteiger partial charge < -0.3 is 4.57 Å². The van der Waals surface area contributed by atoms with Gasteiger partial charge in [0.1, 0.15) is 5.82 Å². The van der Waals surface area contributed by atoms with Gasteiger partial charge in [-0.25, -0.2) is 10.4 Å². The first-order chi connectivity index (χ1) is 12.1. The molecular weight excluding hydrogens is 380 g/mol. The van der Waals surface area contributed by atoms with Crippen LogP contribution in [0.5, 0.6) is 0 Å². The zero-order valence-corrected chi connectivity index (χ0v) is 15.5. The molecule has 1 amide bonds. The SMILES string of the molecule is Cc1cc(/C=N\NC(=O)c2cccc(Br)c2)c(C)n1-c1ccccn1. The molecule has 2 aromatic heterocycles. The molecule has 5 nitrogen and oxygen atoms in total. The number of hydrazone groups is 1. The Hall–Kier alpha value is -2.73. The number of benzene rings is 1. The monoisotopic (exact) mass is 396 g/mol. The highest BCUT2D eigenvalue weighted by atomic mass is 79.9. The van der Waals surface area contributed by atoms with Crippen LogP contribution in [0, 0.1) is 13.8 Å². The minimum absolute atomic E-state index is 0.254. The van der Waals surface area contributed by atoms with E-state index in [2.05, 4.69) is 36.0 Å². The molecule has 126 valence electrons. The molecule has 2 heterocycles. The van der Waals surface area contributed by atoms with E-state index in [4.69, 9.17) is 0 Å². The van der Waals surface area contributed by atoms with Gasteiger partial charge >= 0.3 is 0 Å². The van der Waals surface area contributed by atoms with Gasteiger partial charge in [0, 0.05) is 33.2 Å². The van der Waals surface area contributed by atoms with Gasteiger partial charge in [-0.05, 0) is 50.2 Å². The Kier molecular flexibility index (Phi) is 5.09. The maximum Gasteiger partial charge on any atom is 0.271 e. The summed E-state index contributed by atoms with van der Waals surface area (Å²) >= 11 is 3.35. The van der Waals surface area contributed by atoms with Crippen LogP contribution in [-0.2, 0) is 0 Å². The summed E-state index contributed by atoms with van der Waals surface area (Å²) in [5.74, 6) is 0.603. The van der Waals surface area contributed by atoms with E-state index in [1.165, 1.54) is 0 Å². The van der Waals surface area contributed by atoms with E-state index in [1.54, 1.807) is 24.5 Å². The van der Waals surface area contributed by atoms with Crippen molar-refractivity contribution in [1.29, 1.82) is 0 Å². The maximum atomic E-state index is 12.1. The number of rotatable bonds is 4. The molecule has 3 rings (SSSR count). The molecule has 1 N–H and O–H groups in total. The van der Waals surface area contributed by atoms with Gasteiger partial charge in [0.25, 0.3) is 5.91 Å². The number of pyridine rings is 1. The number of aromatic nitrogens is 2. The molecule has 25 heavy (non-hydrogen) atoms. The molecule has 0 aliphatic heterocycles. The third kappa shape index (κ3) is 3.85. The van der Waals surface area contributed by atoms with Crippen LogP contribution in [0.2, 0.25) is 0 Å². The first kappa shape index (κ1) is 17.1. The van der Waals surface area contributed by atoms with Gasteiger partial charge in [-0.3, -0.25) is 4.79 Å². The number of amides is 1. The number of aryl methyl sites for hydroxylation is 1. The standard InChI is InChI=1S/C19H17BrN4O/c1-13-10-16(14(2)24(13)18-8-3-4-9-21-18)12-22-23-19(25)15-6-5-7-17(20)11-15/h3-12H,1-2H3,(H,23,25)/b22-12-. The second-order valence-electron chi connectivity index (χ2n) is 5.56. The van der Waals surface area contributed by atoms with Crippen molar-refractivity contribution < 1.29 is 4.79 Å². The molecule has 0 radical (unpaired) electrons. The Morgan fingerprint density at radius 3 is 2.76 bits per heavy atom. The van der Waals surface area contributed by atoms with Crippen molar-refractivity contribution in [2.24, 2.45) is 5.10 Å². The second kappa shape index (κ2) is 7.44. The van der Waals surface area contributed by atoms with Gasteiger partial charge in [0.05, 0.1) is 6.21 Å². The predicted molar refractivity (Wildman–Crippen MR) is 102 cm³/mol. The molecule has 0 aliphatic carbocycles. The lowest BCUT2D eigenvalue weighted by Gasteiger charge is -2.07. The van der Waals surface area contributed by atoms with Crippen LogP contribution in [-0.4, -0.2) is 21.7 Å². The van der Waals surface area contributed by atoms with Crippen LogP contribution in [0.15, 0.2) is 64.3 Å². The van der Waals surface area contributed by atoms with Gasteiger partial charge in [-0.2, -0.15) is 5.10 Å². The number of carbonyl (C=O) groups is 1. The number of hydrogen-bond donors (Lipinski definition) is 1. The summed E-state index contributed by atoms with van der Waals surface area (Å²) < 4.78 is 2.90. The van der Waals surface area contributed by atoms with E-state index in [0.717, 1.165) is 27.2 Å². The highest BCUT2D eigenvalue weighted by molar-refractivity contribution is 9.10. The van der Waals surface area contributed by atoms with Crippen LogP contribution < -0.4 is 5.43 Å². The molecule has 0 saturated heterocycles. The number of halogens is 1. The molecule has 3 aromatic rings. The van der Waals surface area contributed by atoms with Crippen molar-refractivity contribution in [3.8, 4) is 5.82 Å². The Labute approximate surface area is 154 Å². The fraction of sp³-hybridized carbons (Fsp3) is 0.105. The molecule has 0 bridgehead atoms. The van der Waals surface area contributed by atoms with E-state index in [-0.39, 0.29) is 5.91 Å². The van der Waals surface area contributed by atoms with Crippen molar-refractivity contribution in [3.63, 3.8) is 0 Å². The van der Waals surface area contributed by atoms with E-state index in [1.807, 2.05) is 50.2 Å². The molecular formula is C19H17BrN4O. The highest BCUT2D eigenvalue weighted by Crippen LogP contribution is 2.18. The van der Waals surface area contributed by atoms with Crippen LogP contribution in [0.4, 0.5) is 0 Å². The second-order valence-corrected chi connectivity index (χ2v) is 6.47. The fourth-order valence-electron chi connectivity index (χ4n) is 2.61. The van der Waals surface area contributed by atoms with E-state index in [9.17, 15) is 4.79 Å². The molecule has 1 aromatic carbocycles. The molecule has 0 fully saturated rings. The first-order valence-electron chi connectivity index (χ1n) is 7.75. The van der Waals surface area contributed by atoms with Gasteiger partial charge in [-0.1, -0.05) is 28.1 Å². The van der Waals surface area contributed by atoms with Gasteiger partial charge in [0.15, 0.2) is 0 Å². The lowest BCUT2D eigenvalue weighted by molar-refractivity contribution is 0.0955. The third-order valence-corrected chi connectivity index (χ3v) is 4.30. The predicted octanol–water partition coefficient (Wildman–Crippen LogP) is 4.02. The van der Waals surface area contributed by atoms with Crippen molar-refractivity contribution in [3.05, 3.63) is 81.7 Å². The number of nitrogens with one attached hydrogen (secondary N) is 1. The lowest BCUT2D eigenvalue weighted by Crippen LogP contribution is -2.17. The number of carbonyl (C=O) groups excluding carboxylic acids is 1. The van der Waals surface area contributed by atoms with Crippen molar-refractivity contribution in [1.82, 2.24) is 15.0 Å². The zero-order valence-electron chi connectivity index (χ0n) is 13.9. The normalized spacial score (nSPS) is 11.0. The van der Waals surface area contributed by atoms with E-state index in [0.29, 0.717) is 5.56 Å². The molecule has 6 heteroatoms. The minimum Gasteiger partial charge on any atom is -0.303 e. The van der Waals surface area contributed by atoms with Gasteiger partial charge in [-0.15, -0.1) is 0 Å². The summed E-state index contributed by atoms with van der Waals surface area (Å²) in [5.41, 5.74) is 6.09. The number of nitrogens with zero attached hydrogens (tertiary/aromatic N) is 3. The molecule has 0 spiro atoms. The minimum atomic E-state index is -0.254. The summed E-state index contributed by atoms with van der Waals surface area (Å²) in [4.78, 5) is 16.5. The largest absolute Gasteiger partial charge is 0.303 e. The average Bonchev–Trinajstić information content (AvgIpc) is 2.89. The zero-order chi connectivity index (χ0) is 17.8. The molecule has 0 aliphatic rings. The lowest BCUT2D eigenvalue weighted by atomic mass is 10.2. The first-order valence-corrected chi connectivity index (χ1v) is 8.55. The Morgan fingerprint density at radius 2 is 2.04 bits per heavy atom. The topological polar surface area (TPSA) is 59.3 Å². The highest BCUT2D eigenvalue weighted by Gasteiger charge is 2.10. The van der Waals surface area contributed by atoms with Crippen molar-refractivity contribution in [2.75, 3.05) is 0 Å². The van der Waals surface area contributed by atoms with E-state index < -0.39 is 0 Å². The van der Waals surface area contributed by atoms with Gasteiger partial charge in [0.2, 0.25) is 0 Å². The molecule has 0 atom stereocenters. The smallest absolute Gasteiger partial charge is 0.271 e. The Balaban J connectivity index is 1.77. The summed E-state index contributed by atoms with van der Waals surface area (Å²) in [7, 11) is 0. The van der Waals surface area contributed by atoms with Crippen LogP contribution >= 0.6 is 15.9 Å². The van der Waals surface area contributed by atoms with Crippen LogP contribution in [0.25, 0.3) is 5.82 Å². The fourth-order valence-corrected chi connectivity index (χ4v) is 3.01. The molecule has 0 saturated carbocycles. The summed E-state index contributed by atoms with van der Waals surface area (Å²) in [6, 6.07) is 15.0. The number of hydrogen-bond acceptors (Lipinski definition) is 3.